The van der Waals surface area contributed by atoms with Crippen LogP contribution in [0, 0.1) is 11.3 Å². The summed E-state index contributed by atoms with van der Waals surface area (Å²) < 4.78 is 36.9. The number of fused-ring (bicyclic) bond motifs is 3. The summed E-state index contributed by atoms with van der Waals surface area (Å²) in [5, 5.41) is 7.12. The maximum Gasteiger partial charge on any atom is 0.490 e. The first-order valence-corrected chi connectivity index (χ1v) is 9.13. The van der Waals surface area contributed by atoms with E-state index < -0.39 is 12.1 Å². The first kappa shape index (κ1) is 22.0. The van der Waals surface area contributed by atoms with Crippen LogP contribution >= 0.6 is 0 Å². The van der Waals surface area contributed by atoms with Crippen molar-refractivity contribution in [2.45, 2.75) is 57.5 Å². The number of hydrogen-bond acceptors (Lipinski definition) is 4. The van der Waals surface area contributed by atoms with Crippen molar-refractivity contribution in [2.24, 2.45) is 11.3 Å². The number of rotatable bonds is 1. The van der Waals surface area contributed by atoms with E-state index in [1.165, 1.54) is 18.2 Å². The van der Waals surface area contributed by atoms with Crippen molar-refractivity contribution in [3.63, 3.8) is 0 Å². The van der Waals surface area contributed by atoms with Crippen LogP contribution in [0.15, 0.2) is 18.2 Å². The Bertz CT molecular complexity index is 764. The molecule has 2 aliphatic carbocycles. The molecule has 5 nitrogen and oxygen atoms in total. The Labute approximate surface area is 162 Å². The first-order chi connectivity index (χ1) is 12.9. The molecule has 0 spiro atoms. The number of ether oxygens (including phenoxy) is 1. The minimum atomic E-state index is -5.08. The number of carbonyl (C=O) groups excluding carboxylic acids is 1. The molecule has 2 aliphatic rings. The lowest BCUT2D eigenvalue weighted by Crippen LogP contribution is -2.52. The second kappa shape index (κ2) is 7.64. The van der Waals surface area contributed by atoms with Crippen molar-refractivity contribution >= 4 is 17.6 Å². The largest absolute Gasteiger partial charge is 0.490 e. The molecular weight excluding hydrogens is 375 g/mol. The lowest BCUT2D eigenvalue weighted by atomic mass is 9.50. The van der Waals surface area contributed by atoms with Gasteiger partial charge < -0.3 is 15.6 Å². The molecule has 3 N–H and O–H groups in total. The van der Waals surface area contributed by atoms with Crippen LogP contribution in [-0.4, -0.2) is 30.3 Å². The molecule has 0 aromatic heterocycles. The molecule has 28 heavy (non-hydrogen) atoms. The number of carbonyl (C=O) groups is 2. The van der Waals surface area contributed by atoms with Gasteiger partial charge in [0.25, 0.3) is 0 Å². The number of hydrogen-bond donors (Lipinski definition) is 2. The molecular formula is C20H26F3NO4. The van der Waals surface area contributed by atoms with Gasteiger partial charge in [-0.2, -0.15) is 13.2 Å². The van der Waals surface area contributed by atoms with Crippen LogP contribution in [0.5, 0.6) is 0 Å². The number of halogens is 3. The summed E-state index contributed by atoms with van der Waals surface area (Å²) in [6, 6.07) is 6.28. The van der Waals surface area contributed by atoms with Gasteiger partial charge >= 0.3 is 18.1 Å². The average molecular weight is 401 g/mol. The highest BCUT2D eigenvalue weighted by atomic mass is 19.4. The SMILES string of the molecule is COC(=O)[C@@]1(C)CCC[C@]2(C)c3cc(N)ccc3CC[C@@H]12.O=C(O)C(F)(F)F. The number of anilines is 1. The third-order valence-corrected chi connectivity index (χ3v) is 6.28. The number of carboxylic acids is 1. The molecule has 0 bridgehead atoms. The topological polar surface area (TPSA) is 89.6 Å². The fourth-order valence-corrected chi connectivity index (χ4v) is 4.95. The number of esters is 1. The second-order valence-corrected chi connectivity index (χ2v) is 7.99. The van der Waals surface area contributed by atoms with Crippen molar-refractivity contribution < 1.29 is 32.6 Å². The smallest absolute Gasteiger partial charge is 0.475 e. The highest BCUT2D eigenvalue weighted by molar-refractivity contribution is 5.77. The number of benzene rings is 1. The molecule has 156 valence electrons. The van der Waals surface area contributed by atoms with E-state index in [1.807, 2.05) is 6.07 Å². The Hall–Kier alpha value is -2.25. The lowest BCUT2D eigenvalue weighted by Gasteiger charge is -2.54. The third-order valence-electron chi connectivity index (χ3n) is 6.28. The monoisotopic (exact) mass is 401 g/mol. The average Bonchev–Trinajstić information content (AvgIpc) is 2.61. The van der Waals surface area contributed by atoms with Gasteiger partial charge in [-0.3, -0.25) is 4.79 Å². The molecule has 0 amide bonds. The van der Waals surface area contributed by atoms with E-state index in [9.17, 15) is 18.0 Å². The molecule has 0 unspecified atom stereocenters. The fraction of sp³-hybridized carbons (Fsp3) is 0.600. The Morgan fingerprint density at radius 3 is 2.39 bits per heavy atom. The maximum absolute atomic E-state index is 12.4. The number of carboxylic acid groups (broad SMARTS) is 1. The van der Waals surface area contributed by atoms with Gasteiger partial charge in [0.2, 0.25) is 0 Å². The summed E-state index contributed by atoms with van der Waals surface area (Å²) in [6.45, 7) is 4.41. The molecule has 0 saturated heterocycles. The van der Waals surface area contributed by atoms with Gasteiger partial charge in [0.15, 0.2) is 0 Å². The Kier molecular flexibility index (Phi) is 6.01. The zero-order valence-corrected chi connectivity index (χ0v) is 16.2. The quantitative estimate of drug-likeness (QED) is 0.547. The minimum Gasteiger partial charge on any atom is -0.475 e. The van der Waals surface area contributed by atoms with E-state index >= 15 is 0 Å². The predicted octanol–water partition coefficient (Wildman–Crippen LogP) is 4.09. The Balaban J connectivity index is 0.000000345. The first-order valence-electron chi connectivity index (χ1n) is 9.13. The maximum atomic E-state index is 12.4. The highest BCUT2D eigenvalue weighted by Gasteiger charge is 2.55. The van der Waals surface area contributed by atoms with Gasteiger partial charge in [-0.25, -0.2) is 4.79 Å². The lowest BCUT2D eigenvalue weighted by molar-refractivity contribution is -0.192. The van der Waals surface area contributed by atoms with E-state index in [4.69, 9.17) is 20.4 Å². The van der Waals surface area contributed by atoms with Crippen LogP contribution < -0.4 is 5.73 Å². The minimum absolute atomic E-state index is 0.0319. The summed E-state index contributed by atoms with van der Waals surface area (Å²) in [6.07, 6.45) is 0.118. The van der Waals surface area contributed by atoms with E-state index in [-0.39, 0.29) is 16.8 Å². The summed E-state index contributed by atoms with van der Waals surface area (Å²) >= 11 is 0. The van der Waals surface area contributed by atoms with E-state index in [0.717, 1.165) is 37.8 Å². The van der Waals surface area contributed by atoms with Crippen LogP contribution in [0.1, 0.15) is 50.7 Å². The van der Waals surface area contributed by atoms with Crippen LogP contribution in [0.2, 0.25) is 0 Å². The number of alkyl halides is 3. The Morgan fingerprint density at radius 1 is 1.25 bits per heavy atom. The van der Waals surface area contributed by atoms with Crippen molar-refractivity contribution in [1.82, 2.24) is 0 Å². The van der Waals surface area contributed by atoms with Crippen molar-refractivity contribution in [2.75, 3.05) is 12.8 Å². The van der Waals surface area contributed by atoms with E-state index in [0.29, 0.717) is 5.92 Å². The number of nitrogen functional groups attached to an aromatic ring is 1. The van der Waals surface area contributed by atoms with Crippen LogP contribution in [0.25, 0.3) is 0 Å². The molecule has 3 atom stereocenters. The van der Waals surface area contributed by atoms with Gasteiger partial charge in [-0.05, 0) is 67.2 Å². The summed E-state index contributed by atoms with van der Waals surface area (Å²) in [5.41, 5.74) is 9.26. The van der Waals surface area contributed by atoms with Gasteiger partial charge in [0.1, 0.15) is 0 Å². The molecule has 0 aliphatic heterocycles. The molecule has 3 rings (SSSR count). The molecule has 1 aromatic carbocycles. The summed E-state index contributed by atoms with van der Waals surface area (Å²) in [4.78, 5) is 21.3. The van der Waals surface area contributed by atoms with Gasteiger partial charge in [-0.15, -0.1) is 0 Å². The second-order valence-electron chi connectivity index (χ2n) is 7.99. The van der Waals surface area contributed by atoms with Crippen molar-refractivity contribution in [3.05, 3.63) is 29.3 Å². The van der Waals surface area contributed by atoms with Crippen LogP contribution in [-0.2, 0) is 26.2 Å². The molecule has 1 aromatic rings. The van der Waals surface area contributed by atoms with Gasteiger partial charge in [0.05, 0.1) is 12.5 Å². The van der Waals surface area contributed by atoms with Crippen molar-refractivity contribution in [1.29, 1.82) is 0 Å². The predicted molar refractivity (Wildman–Crippen MR) is 97.7 cm³/mol. The molecule has 1 saturated carbocycles. The fourth-order valence-electron chi connectivity index (χ4n) is 4.95. The number of aryl methyl sites for hydroxylation is 1. The van der Waals surface area contributed by atoms with E-state index in [1.54, 1.807) is 0 Å². The highest BCUT2D eigenvalue weighted by Crippen LogP contribution is 2.57. The molecule has 0 radical (unpaired) electrons. The third kappa shape index (κ3) is 3.95. The standard InChI is InChI=1S/C18H25NO2.C2HF3O2/c1-17-9-4-10-18(2,16(20)21-3)15(17)8-6-12-5-7-13(19)11-14(12)17;3-2(4,5)1(6)7/h5,7,11,15H,4,6,8-10,19H2,1-3H3;(H,6,7)/t15-,17-,18+;/m1./s1. The van der Waals surface area contributed by atoms with Crippen LogP contribution in [0.3, 0.4) is 0 Å². The van der Waals surface area contributed by atoms with Gasteiger partial charge in [0, 0.05) is 5.69 Å². The zero-order chi connectivity index (χ0) is 21.3. The normalized spacial score (nSPS) is 28.9. The van der Waals surface area contributed by atoms with Crippen molar-refractivity contribution in [3.8, 4) is 0 Å². The molecule has 0 heterocycles. The van der Waals surface area contributed by atoms with Crippen LogP contribution in [0.4, 0.5) is 18.9 Å². The molecule has 8 heteroatoms. The van der Waals surface area contributed by atoms with Gasteiger partial charge in [-0.1, -0.05) is 19.4 Å². The number of methoxy groups -OCH3 is 1. The molecule has 1 fully saturated rings. The number of aliphatic carboxylic acids is 1. The Morgan fingerprint density at radius 2 is 1.86 bits per heavy atom. The zero-order valence-electron chi connectivity index (χ0n) is 16.2. The summed E-state index contributed by atoms with van der Waals surface area (Å²) in [5.74, 6) is -2.47. The number of nitrogens with two attached hydrogens (primary N) is 1. The van der Waals surface area contributed by atoms with E-state index in [2.05, 4.69) is 26.0 Å². The summed E-state index contributed by atoms with van der Waals surface area (Å²) in [7, 11) is 1.51.